The highest BCUT2D eigenvalue weighted by Gasteiger charge is 2.40. The molecule has 1 saturated carbocycles. The van der Waals surface area contributed by atoms with Crippen molar-refractivity contribution in [3.63, 3.8) is 0 Å². The number of aliphatic hydroxyl groups is 1. The van der Waals surface area contributed by atoms with Gasteiger partial charge in [-0.2, -0.15) is 13.2 Å². The molecule has 0 bridgehead atoms. The minimum absolute atomic E-state index is 0.00174. The van der Waals surface area contributed by atoms with E-state index in [1.165, 1.54) is 0 Å². The lowest BCUT2D eigenvalue weighted by molar-refractivity contribution is -0.202. The summed E-state index contributed by atoms with van der Waals surface area (Å²) >= 11 is 0. The zero-order valence-corrected chi connectivity index (χ0v) is 10.4. The van der Waals surface area contributed by atoms with E-state index in [0.29, 0.717) is 0 Å². The van der Waals surface area contributed by atoms with E-state index < -0.39 is 36.5 Å². The molecule has 0 amide bonds. The number of hydrogen-bond donors (Lipinski definition) is 2. The van der Waals surface area contributed by atoms with Crippen molar-refractivity contribution >= 4 is 0 Å². The van der Waals surface area contributed by atoms with Crippen LogP contribution in [0, 0.1) is 17.6 Å². The molecule has 1 aromatic rings. The van der Waals surface area contributed by atoms with Crippen molar-refractivity contribution in [2.45, 2.75) is 31.2 Å². The third kappa shape index (κ3) is 3.67. The number of halogens is 5. The summed E-state index contributed by atoms with van der Waals surface area (Å²) in [5.41, 5.74) is 0.00174. The standard InChI is InChI=1S/C13H14F5NO/c14-8-3-4-10(15)9(5-8)12(7-1-2-7)19-6-11(20)13(16,17)18/h3-5,7,11-12,19-20H,1-2,6H2/t11-,12+/m0/s1. The van der Waals surface area contributed by atoms with E-state index in [-0.39, 0.29) is 11.5 Å². The van der Waals surface area contributed by atoms with E-state index >= 15 is 0 Å². The second kappa shape index (κ2) is 5.65. The minimum Gasteiger partial charge on any atom is -0.382 e. The predicted octanol–water partition coefficient (Wildman–Crippen LogP) is 2.93. The highest BCUT2D eigenvalue weighted by Crippen LogP contribution is 2.42. The molecular weight excluding hydrogens is 281 g/mol. The smallest absolute Gasteiger partial charge is 0.382 e. The maximum Gasteiger partial charge on any atom is 0.415 e. The van der Waals surface area contributed by atoms with Crippen LogP contribution in [0.5, 0.6) is 0 Å². The zero-order valence-electron chi connectivity index (χ0n) is 10.4. The Bertz CT molecular complexity index is 472. The van der Waals surface area contributed by atoms with Crippen molar-refractivity contribution in [2.24, 2.45) is 5.92 Å². The molecule has 7 heteroatoms. The third-order valence-electron chi connectivity index (χ3n) is 3.30. The molecule has 1 aliphatic rings. The van der Waals surface area contributed by atoms with E-state index in [1.807, 2.05) is 0 Å². The molecule has 112 valence electrons. The molecule has 0 radical (unpaired) electrons. The van der Waals surface area contributed by atoms with Gasteiger partial charge in [0.25, 0.3) is 0 Å². The van der Waals surface area contributed by atoms with Crippen LogP contribution in [0.25, 0.3) is 0 Å². The summed E-state index contributed by atoms with van der Waals surface area (Å²) in [5.74, 6) is -1.35. The minimum atomic E-state index is -4.73. The Kier molecular flexibility index (Phi) is 4.29. The Morgan fingerprint density at radius 3 is 2.45 bits per heavy atom. The van der Waals surface area contributed by atoms with Crippen molar-refractivity contribution in [3.8, 4) is 0 Å². The number of alkyl halides is 3. The molecule has 0 saturated heterocycles. The largest absolute Gasteiger partial charge is 0.415 e. The molecule has 2 nitrogen and oxygen atoms in total. The van der Waals surface area contributed by atoms with Gasteiger partial charge in [0.05, 0.1) is 0 Å². The highest BCUT2D eigenvalue weighted by atomic mass is 19.4. The second-order valence-electron chi connectivity index (χ2n) is 4.95. The zero-order chi connectivity index (χ0) is 14.9. The van der Waals surface area contributed by atoms with Gasteiger partial charge in [-0.3, -0.25) is 0 Å². The molecule has 0 aromatic heterocycles. The monoisotopic (exact) mass is 295 g/mol. The molecule has 0 heterocycles. The van der Waals surface area contributed by atoms with Crippen LogP contribution in [0.1, 0.15) is 24.4 Å². The van der Waals surface area contributed by atoms with E-state index in [2.05, 4.69) is 5.32 Å². The summed E-state index contributed by atoms with van der Waals surface area (Å²) in [6.45, 7) is -0.749. The molecule has 2 N–H and O–H groups in total. The lowest BCUT2D eigenvalue weighted by Gasteiger charge is -2.22. The van der Waals surface area contributed by atoms with Crippen LogP contribution in [0.2, 0.25) is 0 Å². The van der Waals surface area contributed by atoms with Crippen LogP contribution in [0.15, 0.2) is 18.2 Å². The summed E-state index contributed by atoms with van der Waals surface area (Å²) < 4.78 is 63.5. The van der Waals surface area contributed by atoms with Gasteiger partial charge < -0.3 is 10.4 Å². The average molecular weight is 295 g/mol. The third-order valence-corrected chi connectivity index (χ3v) is 3.30. The summed E-state index contributed by atoms with van der Waals surface area (Å²) in [7, 11) is 0. The summed E-state index contributed by atoms with van der Waals surface area (Å²) in [4.78, 5) is 0. The molecule has 1 aromatic carbocycles. The van der Waals surface area contributed by atoms with Crippen molar-refractivity contribution in [1.82, 2.24) is 5.32 Å². The molecule has 1 fully saturated rings. The molecule has 2 rings (SSSR count). The van der Waals surface area contributed by atoms with E-state index in [4.69, 9.17) is 5.11 Å². The first kappa shape index (κ1) is 15.2. The summed E-state index contributed by atoms with van der Waals surface area (Å²) in [6.07, 6.45) is -5.80. The maximum atomic E-state index is 13.7. The lowest BCUT2D eigenvalue weighted by atomic mass is 10.0. The fourth-order valence-corrected chi connectivity index (χ4v) is 2.07. The Morgan fingerprint density at radius 2 is 1.90 bits per heavy atom. The molecule has 2 atom stereocenters. The fraction of sp³-hybridized carbons (Fsp3) is 0.538. The first-order chi connectivity index (χ1) is 9.29. The van der Waals surface area contributed by atoms with Crippen LogP contribution >= 0.6 is 0 Å². The Hall–Kier alpha value is -1.21. The van der Waals surface area contributed by atoms with E-state index in [1.54, 1.807) is 0 Å². The van der Waals surface area contributed by atoms with Gasteiger partial charge in [-0.05, 0) is 37.0 Å². The average Bonchev–Trinajstić information content (AvgIpc) is 3.16. The molecule has 0 aliphatic heterocycles. The van der Waals surface area contributed by atoms with E-state index in [9.17, 15) is 22.0 Å². The van der Waals surface area contributed by atoms with Gasteiger partial charge in [-0.1, -0.05) is 0 Å². The summed E-state index contributed by atoms with van der Waals surface area (Å²) in [5, 5.41) is 11.4. The highest BCUT2D eigenvalue weighted by molar-refractivity contribution is 5.24. The first-order valence-corrected chi connectivity index (χ1v) is 6.22. The number of benzene rings is 1. The number of hydrogen-bond acceptors (Lipinski definition) is 2. The molecule has 1 aliphatic carbocycles. The SMILES string of the molecule is O[C@@H](CN[C@@H](c1cc(F)ccc1F)C1CC1)C(F)(F)F. The van der Waals surface area contributed by atoms with Crippen molar-refractivity contribution in [2.75, 3.05) is 6.54 Å². The van der Waals surface area contributed by atoms with Gasteiger partial charge >= 0.3 is 6.18 Å². The second-order valence-corrected chi connectivity index (χ2v) is 4.95. The Morgan fingerprint density at radius 1 is 1.25 bits per heavy atom. The lowest BCUT2D eigenvalue weighted by Crippen LogP contribution is -2.40. The van der Waals surface area contributed by atoms with Gasteiger partial charge in [-0.25, -0.2) is 8.78 Å². The van der Waals surface area contributed by atoms with Crippen LogP contribution in [0.4, 0.5) is 22.0 Å². The van der Waals surface area contributed by atoms with Gasteiger partial charge in [0.15, 0.2) is 6.10 Å². The molecular formula is C13H14F5NO. The van der Waals surface area contributed by atoms with E-state index in [0.717, 1.165) is 31.0 Å². The number of nitrogens with one attached hydrogen (secondary N) is 1. The number of aliphatic hydroxyl groups excluding tert-OH is 1. The maximum absolute atomic E-state index is 13.7. The van der Waals surface area contributed by atoms with Crippen LogP contribution in [-0.2, 0) is 0 Å². The van der Waals surface area contributed by atoms with Crippen molar-refractivity contribution < 1.29 is 27.1 Å². The fourth-order valence-electron chi connectivity index (χ4n) is 2.07. The van der Waals surface area contributed by atoms with Gasteiger partial charge in [0, 0.05) is 18.2 Å². The predicted molar refractivity (Wildman–Crippen MR) is 61.9 cm³/mol. The van der Waals surface area contributed by atoms with Crippen LogP contribution in [0.3, 0.4) is 0 Å². The van der Waals surface area contributed by atoms with Gasteiger partial charge in [-0.15, -0.1) is 0 Å². The summed E-state index contributed by atoms with van der Waals surface area (Å²) in [6, 6.07) is 2.16. The van der Waals surface area contributed by atoms with Gasteiger partial charge in [0.1, 0.15) is 11.6 Å². The van der Waals surface area contributed by atoms with Crippen molar-refractivity contribution in [3.05, 3.63) is 35.4 Å². The Labute approximate surface area is 112 Å². The van der Waals surface area contributed by atoms with Gasteiger partial charge in [0.2, 0.25) is 0 Å². The number of rotatable bonds is 5. The van der Waals surface area contributed by atoms with Crippen molar-refractivity contribution in [1.29, 1.82) is 0 Å². The van der Waals surface area contributed by atoms with Crippen LogP contribution in [-0.4, -0.2) is 23.9 Å². The first-order valence-electron chi connectivity index (χ1n) is 6.22. The topological polar surface area (TPSA) is 32.3 Å². The molecule has 0 spiro atoms. The van der Waals surface area contributed by atoms with Crippen LogP contribution < -0.4 is 5.32 Å². The molecule has 20 heavy (non-hydrogen) atoms. The normalized spacial score (nSPS) is 18.9. The Balaban J connectivity index is 2.10. The quantitative estimate of drug-likeness (QED) is 0.819. The molecule has 0 unspecified atom stereocenters.